The standard InChI is InChI=1S/C21H13ClN8O4/c22-12-4-6-13(7-5-12)25-21-26-18(15(10-23)19(31)27-21)11-2-1-3-14(8-11)24-20(32)16-9-17(29-28-16)30(33)34/h1-9H,(H,24,32)(H,28,29)(H2,25,26,27,31). The summed E-state index contributed by atoms with van der Waals surface area (Å²) in [5.41, 5.74) is 0.333. The van der Waals surface area contributed by atoms with Crippen LogP contribution < -0.4 is 16.2 Å². The molecule has 0 aliphatic rings. The first-order chi connectivity index (χ1) is 16.3. The van der Waals surface area contributed by atoms with Gasteiger partial charge in [0.05, 0.1) is 11.8 Å². The third-order valence-corrected chi connectivity index (χ3v) is 4.78. The van der Waals surface area contributed by atoms with Crippen LogP contribution in [0, 0.1) is 21.4 Å². The molecule has 0 aliphatic heterocycles. The Kier molecular flexibility index (Phi) is 6.02. The maximum atomic E-state index is 12.5. The van der Waals surface area contributed by atoms with Crippen molar-refractivity contribution in [3.05, 3.63) is 91.3 Å². The van der Waals surface area contributed by atoms with Gasteiger partial charge in [-0.3, -0.25) is 14.6 Å². The topological polar surface area (TPSA) is 182 Å². The monoisotopic (exact) mass is 476 g/mol. The number of nitro groups is 1. The summed E-state index contributed by atoms with van der Waals surface area (Å²) in [4.78, 5) is 41.8. The molecule has 0 spiro atoms. The summed E-state index contributed by atoms with van der Waals surface area (Å²) in [7, 11) is 0. The Hall–Kier alpha value is -5.02. The van der Waals surface area contributed by atoms with Gasteiger partial charge in [0.25, 0.3) is 11.5 Å². The zero-order valence-corrected chi connectivity index (χ0v) is 17.8. The highest BCUT2D eigenvalue weighted by Gasteiger charge is 2.18. The van der Waals surface area contributed by atoms with Crippen molar-refractivity contribution in [1.29, 1.82) is 5.26 Å². The summed E-state index contributed by atoms with van der Waals surface area (Å²) in [6.07, 6.45) is 0. The molecule has 0 atom stereocenters. The van der Waals surface area contributed by atoms with Crippen molar-refractivity contribution in [3.63, 3.8) is 0 Å². The highest BCUT2D eigenvalue weighted by atomic mass is 35.5. The minimum absolute atomic E-state index is 0.0919. The van der Waals surface area contributed by atoms with Crippen LogP contribution in [0.25, 0.3) is 11.3 Å². The molecule has 0 fully saturated rings. The maximum absolute atomic E-state index is 12.5. The number of H-pyrrole nitrogens is 2. The Bertz CT molecular complexity index is 1500. The molecular formula is C21H13ClN8O4. The van der Waals surface area contributed by atoms with Crippen molar-refractivity contribution in [2.45, 2.75) is 0 Å². The molecule has 0 saturated carbocycles. The number of carbonyl (C=O) groups is 1. The molecular weight excluding hydrogens is 464 g/mol. The van der Waals surface area contributed by atoms with Gasteiger partial charge >= 0.3 is 5.82 Å². The van der Waals surface area contributed by atoms with Gasteiger partial charge in [-0.15, -0.1) is 5.10 Å². The van der Waals surface area contributed by atoms with Gasteiger partial charge in [0.2, 0.25) is 5.95 Å². The predicted molar refractivity (Wildman–Crippen MR) is 123 cm³/mol. The number of hydrogen-bond acceptors (Lipinski definition) is 8. The van der Waals surface area contributed by atoms with Crippen LogP contribution in [-0.4, -0.2) is 31.0 Å². The number of halogens is 1. The van der Waals surface area contributed by atoms with E-state index in [1.54, 1.807) is 42.5 Å². The van der Waals surface area contributed by atoms with Gasteiger partial charge in [-0.05, 0) is 41.3 Å². The number of aromatic amines is 2. The lowest BCUT2D eigenvalue weighted by Crippen LogP contribution is -2.16. The lowest BCUT2D eigenvalue weighted by molar-refractivity contribution is -0.389. The van der Waals surface area contributed by atoms with Crippen molar-refractivity contribution in [3.8, 4) is 17.3 Å². The van der Waals surface area contributed by atoms with E-state index in [0.29, 0.717) is 22.0 Å². The Morgan fingerprint density at radius 1 is 1.15 bits per heavy atom. The molecule has 0 unspecified atom stereocenters. The SMILES string of the molecule is N#Cc1c(-c2cccc(NC(=O)c3cc([N+](=O)[O-])[nH]n3)c2)nc(Nc2ccc(Cl)cc2)[nH]c1=O. The number of rotatable bonds is 6. The molecule has 0 saturated heterocycles. The lowest BCUT2D eigenvalue weighted by Gasteiger charge is -2.10. The number of anilines is 3. The molecule has 34 heavy (non-hydrogen) atoms. The van der Waals surface area contributed by atoms with E-state index in [-0.39, 0.29) is 22.9 Å². The van der Waals surface area contributed by atoms with Crippen LogP contribution in [0.1, 0.15) is 16.1 Å². The number of nitrogens with zero attached hydrogens (tertiary/aromatic N) is 4. The first-order valence-corrected chi connectivity index (χ1v) is 9.90. The smallest absolute Gasteiger partial charge is 0.343 e. The van der Waals surface area contributed by atoms with Gasteiger partial charge in [0.15, 0.2) is 5.69 Å². The summed E-state index contributed by atoms with van der Waals surface area (Å²) in [5.74, 6) is -1.02. The van der Waals surface area contributed by atoms with E-state index >= 15 is 0 Å². The van der Waals surface area contributed by atoms with Crippen LogP contribution in [-0.2, 0) is 0 Å². The van der Waals surface area contributed by atoms with Gasteiger partial charge in [-0.2, -0.15) is 5.26 Å². The molecule has 2 aromatic heterocycles. The molecule has 4 N–H and O–H groups in total. The fourth-order valence-electron chi connectivity index (χ4n) is 2.98. The Morgan fingerprint density at radius 2 is 1.91 bits per heavy atom. The normalized spacial score (nSPS) is 10.4. The largest absolute Gasteiger partial charge is 0.358 e. The van der Waals surface area contributed by atoms with E-state index in [1.807, 2.05) is 6.07 Å². The third kappa shape index (κ3) is 4.74. The van der Waals surface area contributed by atoms with Gasteiger partial charge in [0.1, 0.15) is 11.6 Å². The molecule has 0 bridgehead atoms. The van der Waals surface area contributed by atoms with Crippen LogP contribution in [0.3, 0.4) is 0 Å². The number of amides is 1. The van der Waals surface area contributed by atoms with E-state index in [9.17, 15) is 25.0 Å². The van der Waals surface area contributed by atoms with Crippen molar-refractivity contribution in [2.24, 2.45) is 0 Å². The molecule has 168 valence electrons. The summed E-state index contributed by atoms with van der Waals surface area (Å²) < 4.78 is 0. The minimum Gasteiger partial charge on any atom is -0.358 e. The second kappa shape index (κ2) is 9.23. The van der Waals surface area contributed by atoms with Gasteiger partial charge < -0.3 is 20.7 Å². The number of nitrogens with one attached hydrogen (secondary N) is 4. The Balaban J connectivity index is 1.65. The molecule has 1 amide bonds. The van der Waals surface area contributed by atoms with Crippen LogP contribution in [0.2, 0.25) is 5.02 Å². The highest BCUT2D eigenvalue weighted by Crippen LogP contribution is 2.25. The van der Waals surface area contributed by atoms with E-state index in [2.05, 4.69) is 30.8 Å². The minimum atomic E-state index is -0.706. The average molecular weight is 477 g/mol. The van der Waals surface area contributed by atoms with Gasteiger partial charge in [0, 0.05) is 22.0 Å². The highest BCUT2D eigenvalue weighted by molar-refractivity contribution is 6.30. The van der Waals surface area contributed by atoms with E-state index in [1.165, 1.54) is 6.07 Å². The molecule has 2 aromatic carbocycles. The molecule has 0 radical (unpaired) electrons. The fraction of sp³-hybridized carbons (Fsp3) is 0. The second-order valence-electron chi connectivity index (χ2n) is 6.81. The third-order valence-electron chi connectivity index (χ3n) is 4.53. The number of hydrogen-bond donors (Lipinski definition) is 4. The first-order valence-electron chi connectivity index (χ1n) is 9.52. The van der Waals surface area contributed by atoms with Crippen molar-refractivity contribution >= 4 is 40.6 Å². The first kappa shape index (κ1) is 22.2. The van der Waals surface area contributed by atoms with Crippen LogP contribution >= 0.6 is 11.6 Å². The fourth-order valence-corrected chi connectivity index (χ4v) is 3.10. The molecule has 0 aliphatic carbocycles. The summed E-state index contributed by atoms with van der Waals surface area (Å²) in [6.45, 7) is 0. The summed E-state index contributed by atoms with van der Waals surface area (Å²) in [5, 5.41) is 32.1. The number of aromatic nitrogens is 4. The quantitative estimate of drug-likeness (QED) is 0.240. The summed E-state index contributed by atoms with van der Waals surface area (Å²) >= 11 is 5.89. The number of benzene rings is 2. The van der Waals surface area contributed by atoms with Crippen molar-refractivity contribution in [1.82, 2.24) is 20.2 Å². The van der Waals surface area contributed by atoms with Gasteiger partial charge in [-0.25, -0.2) is 4.98 Å². The Labute approximate surface area is 195 Å². The molecule has 2 heterocycles. The Morgan fingerprint density at radius 3 is 2.59 bits per heavy atom. The zero-order chi connectivity index (χ0) is 24.2. The van der Waals surface area contributed by atoms with Crippen LogP contribution in [0.4, 0.5) is 23.1 Å². The average Bonchev–Trinajstić information content (AvgIpc) is 3.31. The van der Waals surface area contributed by atoms with E-state index < -0.39 is 22.2 Å². The van der Waals surface area contributed by atoms with Crippen molar-refractivity contribution < 1.29 is 9.72 Å². The van der Waals surface area contributed by atoms with Crippen LogP contribution in [0.15, 0.2) is 59.4 Å². The molecule has 4 rings (SSSR count). The van der Waals surface area contributed by atoms with Gasteiger partial charge in [-0.1, -0.05) is 28.8 Å². The zero-order valence-electron chi connectivity index (χ0n) is 17.0. The molecule has 12 nitrogen and oxygen atoms in total. The van der Waals surface area contributed by atoms with Crippen LogP contribution in [0.5, 0.6) is 0 Å². The molecule has 4 aromatic rings. The molecule has 13 heteroatoms. The predicted octanol–water partition coefficient (Wildman–Crippen LogP) is 3.59. The number of carbonyl (C=O) groups excluding carboxylic acids is 1. The second-order valence-corrected chi connectivity index (χ2v) is 7.25. The number of nitriles is 1. The van der Waals surface area contributed by atoms with E-state index in [4.69, 9.17) is 11.6 Å². The maximum Gasteiger partial charge on any atom is 0.343 e. The van der Waals surface area contributed by atoms with E-state index in [0.717, 1.165) is 6.07 Å². The lowest BCUT2D eigenvalue weighted by atomic mass is 10.1. The summed E-state index contributed by atoms with van der Waals surface area (Å²) in [6, 6.07) is 15.8. The van der Waals surface area contributed by atoms with Crippen molar-refractivity contribution in [2.75, 3.05) is 10.6 Å².